The van der Waals surface area contributed by atoms with E-state index in [9.17, 15) is 0 Å². The summed E-state index contributed by atoms with van der Waals surface area (Å²) in [6, 6.07) is 13.0. The lowest BCUT2D eigenvalue weighted by Gasteiger charge is -2.21. The summed E-state index contributed by atoms with van der Waals surface area (Å²) >= 11 is 6.66. The van der Waals surface area contributed by atoms with Gasteiger partial charge in [-0.2, -0.15) is 0 Å². The van der Waals surface area contributed by atoms with Crippen LogP contribution in [0.3, 0.4) is 0 Å². The maximum absolute atomic E-state index is 6.66. The largest absolute Gasteiger partial charge is 0.348 e. The summed E-state index contributed by atoms with van der Waals surface area (Å²) in [5.74, 6) is 0.129. The topological polar surface area (TPSA) is 28.7 Å². The second-order valence-corrected chi connectivity index (χ2v) is 6.37. The van der Waals surface area contributed by atoms with Gasteiger partial charge in [0.15, 0.2) is 0 Å². The third-order valence-corrected chi connectivity index (χ3v) is 4.82. The van der Waals surface area contributed by atoms with Gasteiger partial charge < -0.3 is 4.98 Å². The summed E-state index contributed by atoms with van der Waals surface area (Å²) in [6.45, 7) is 2.11. The fraction of sp³-hybridized carbons (Fsp3) is 0.211. The summed E-state index contributed by atoms with van der Waals surface area (Å²) in [4.78, 5) is 7.51. The molecule has 1 aromatic heterocycles. The van der Waals surface area contributed by atoms with Gasteiger partial charge in [-0.3, -0.25) is 0 Å². The van der Waals surface area contributed by atoms with Crippen molar-refractivity contribution in [2.24, 2.45) is 0 Å². The first-order chi connectivity index (χ1) is 10.7. The number of benzene rings is 2. The Kier molecular flexibility index (Phi) is 3.27. The number of fused-ring (bicyclic) bond motifs is 2. The Balaban J connectivity index is 2.03. The van der Waals surface area contributed by atoms with E-state index in [1.54, 1.807) is 6.33 Å². The number of hydrogen-bond donors (Lipinski definition) is 1. The van der Waals surface area contributed by atoms with E-state index in [0.717, 1.165) is 23.6 Å². The summed E-state index contributed by atoms with van der Waals surface area (Å²) in [6.07, 6.45) is 5.73. The number of aromatic amines is 1. The lowest BCUT2D eigenvalue weighted by molar-refractivity contribution is 0.923. The number of halogens is 1. The quantitative estimate of drug-likeness (QED) is 0.696. The van der Waals surface area contributed by atoms with Crippen molar-refractivity contribution in [3.8, 4) is 0 Å². The van der Waals surface area contributed by atoms with Crippen molar-refractivity contribution in [3.63, 3.8) is 0 Å². The molecule has 1 unspecified atom stereocenters. The number of aryl methyl sites for hydroxylation is 3. The number of H-pyrrole nitrogens is 1. The first-order valence-electron chi connectivity index (χ1n) is 7.59. The molecule has 2 nitrogen and oxygen atoms in total. The third-order valence-electron chi connectivity index (χ3n) is 4.51. The zero-order chi connectivity index (χ0) is 15.1. The molecule has 1 N–H and O–H groups in total. The second kappa shape index (κ2) is 5.29. The predicted octanol–water partition coefficient (Wildman–Crippen LogP) is 4.65. The van der Waals surface area contributed by atoms with E-state index in [0.29, 0.717) is 0 Å². The molecule has 0 aliphatic heterocycles. The minimum Gasteiger partial charge on any atom is -0.348 e. The number of rotatable bonds is 1. The molecule has 1 aliphatic carbocycles. The Morgan fingerprint density at radius 3 is 2.77 bits per heavy atom. The first kappa shape index (κ1) is 13.6. The molecule has 0 spiro atoms. The summed E-state index contributed by atoms with van der Waals surface area (Å²) in [7, 11) is 0. The molecule has 2 aromatic carbocycles. The molecule has 110 valence electrons. The highest BCUT2D eigenvalue weighted by Gasteiger charge is 2.28. The highest BCUT2D eigenvalue weighted by Crippen LogP contribution is 2.41. The number of nitrogens with one attached hydrogen (secondary N) is 1. The lowest BCUT2D eigenvalue weighted by atomic mass is 9.85. The van der Waals surface area contributed by atoms with Crippen LogP contribution < -0.4 is 0 Å². The van der Waals surface area contributed by atoms with Crippen LogP contribution in [0.4, 0.5) is 0 Å². The normalized spacial score (nSPS) is 16.7. The summed E-state index contributed by atoms with van der Waals surface area (Å²) in [5, 5.41) is 0.853. The maximum atomic E-state index is 6.66. The monoisotopic (exact) mass is 308 g/mol. The van der Waals surface area contributed by atoms with Gasteiger partial charge in [0.1, 0.15) is 0 Å². The molecule has 0 fully saturated rings. The highest BCUT2D eigenvalue weighted by molar-refractivity contribution is 6.31. The van der Waals surface area contributed by atoms with Crippen molar-refractivity contribution < 1.29 is 0 Å². The van der Waals surface area contributed by atoms with Crippen molar-refractivity contribution in [2.45, 2.75) is 25.7 Å². The molecule has 4 rings (SSSR count). The standard InChI is InChI=1S/C19H17ClN2/c1-12-8-14-7-6-13-4-2-3-5-15(13)19(17-10-21-11-22-17)18(14)16(20)9-12/h2-5,8-11,19H,6-7H2,1H3,(H,21,22). The van der Waals surface area contributed by atoms with Gasteiger partial charge in [-0.25, -0.2) is 4.98 Å². The van der Waals surface area contributed by atoms with E-state index in [-0.39, 0.29) is 5.92 Å². The molecule has 0 bridgehead atoms. The van der Waals surface area contributed by atoms with Gasteiger partial charge in [0, 0.05) is 16.9 Å². The number of imidazole rings is 1. The molecule has 3 aromatic rings. The molecule has 0 saturated heterocycles. The summed E-state index contributed by atoms with van der Waals surface area (Å²) in [5.41, 5.74) is 7.62. The molecule has 3 heteroatoms. The minimum atomic E-state index is 0.129. The van der Waals surface area contributed by atoms with Crippen LogP contribution in [0.1, 0.15) is 39.4 Å². The van der Waals surface area contributed by atoms with Crippen LogP contribution in [0.25, 0.3) is 0 Å². The fourth-order valence-electron chi connectivity index (χ4n) is 3.57. The van der Waals surface area contributed by atoms with Crippen molar-refractivity contribution in [1.82, 2.24) is 9.97 Å². The number of hydrogen-bond acceptors (Lipinski definition) is 1. The molecule has 1 atom stereocenters. The molecule has 0 radical (unpaired) electrons. The zero-order valence-electron chi connectivity index (χ0n) is 12.4. The Morgan fingerprint density at radius 2 is 1.95 bits per heavy atom. The van der Waals surface area contributed by atoms with Gasteiger partial charge in [0.25, 0.3) is 0 Å². The molecule has 22 heavy (non-hydrogen) atoms. The Bertz CT molecular complexity index is 821. The van der Waals surface area contributed by atoms with Gasteiger partial charge in [0.2, 0.25) is 0 Å². The Morgan fingerprint density at radius 1 is 1.14 bits per heavy atom. The molecule has 0 saturated carbocycles. The minimum absolute atomic E-state index is 0.129. The van der Waals surface area contributed by atoms with Crippen LogP contribution in [0.2, 0.25) is 5.02 Å². The van der Waals surface area contributed by atoms with Gasteiger partial charge in [0.05, 0.1) is 12.2 Å². The molecular formula is C19H17ClN2. The lowest BCUT2D eigenvalue weighted by Crippen LogP contribution is -2.07. The zero-order valence-corrected chi connectivity index (χ0v) is 13.2. The van der Waals surface area contributed by atoms with Crippen LogP contribution in [0.15, 0.2) is 48.9 Å². The molecular weight excluding hydrogens is 292 g/mol. The van der Waals surface area contributed by atoms with Gasteiger partial charge in [-0.15, -0.1) is 0 Å². The molecule has 0 amide bonds. The van der Waals surface area contributed by atoms with E-state index in [4.69, 9.17) is 11.6 Å². The van der Waals surface area contributed by atoms with Crippen molar-refractivity contribution in [1.29, 1.82) is 0 Å². The van der Waals surface area contributed by atoms with E-state index < -0.39 is 0 Å². The van der Waals surface area contributed by atoms with E-state index in [2.05, 4.69) is 53.3 Å². The van der Waals surface area contributed by atoms with Gasteiger partial charge >= 0.3 is 0 Å². The molecule has 1 aliphatic rings. The van der Waals surface area contributed by atoms with Gasteiger partial charge in [-0.1, -0.05) is 41.9 Å². The van der Waals surface area contributed by atoms with Crippen LogP contribution in [-0.4, -0.2) is 9.97 Å². The summed E-state index contributed by atoms with van der Waals surface area (Å²) < 4.78 is 0. The van der Waals surface area contributed by atoms with Crippen molar-refractivity contribution in [2.75, 3.05) is 0 Å². The van der Waals surface area contributed by atoms with E-state index in [1.807, 2.05) is 6.20 Å². The average molecular weight is 309 g/mol. The van der Waals surface area contributed by atoms with Crippen LogP contribution in [-0.2, 0) is 12.8 Å². The average Bonchev–Trinajstić information content (AvgIpc) is 2.97. The SMILES string of the molecule is Cc1cc(Cl)c2c(c1)CCc1ccccc1C2c1cnc[nH]1. The van der Waals surface area contributed by atoms with E-state index >= 15 is 0 Å². The second-order valence-electron chi connectivity index (χ2n) is 5.96. The number of nitrogens with zero attached hydrogens (tertiary/aromatic N) is 1. The van der Waals surface area contributed by atoms with Crippen molar-refractivity contribution >= 4 is 11.6 Å². The van der Waals surface area contributed by atoms with Crippen LogP contribution in [0, 0.1) is 6.92 Å². The Labute approximate surface area is 135 Å². The maximum Gasteiger partial charge on any atom is 0.0922 e. The highest BCUT2D eigenvalue weighted by atomic mass is 35.5. The van der Waals surface area contributed by atoms with Crippen LogP contribution >= 0.6 is 11.6 Å². The number of aromatic nitrogens is 2. The smallest absolute Gasteiger partial charge is 0.0922 e. The fourth-order valence-corrected chi connectivity index (χ4v) is 3.97. The first-order valence-corrected chi connectivity index (χ1v) is 7.97. The van der Waals surface area contributed by atoms with Crippen molar-refractivity contribution in [3.05, 3.63) is 87.5 Å². The van der Waals surface area contributed by atoms with E-state index in [1.165, 1.54) is 27.8 Å². The molecule has 1 heterocycles. The van der Waals surface area contributed by atoms with Crippen LogP contribution in [0.5, 0.6) is 0 Å². The Hall–Kier alpha value is -2.06. The van der Waals surface area contributed by atoms with Gasteiger partial charge in [-0.05, 0) is 53.6 Å². The third kappa shape index (κ3) is 2.15. The predicted molar refractivity (Wildman–Crippen MR) is 89.6 cm³/mol.